The van der Waals surface area contributed by atoms with Crippen LogP contribution in [-0.4, -0.2) is 105 Å². The largest absolute Gasteiger partial charge is 0.472 e. The van der Waals surface area contributed by atoms with E-state index in [-0.39, 0.29) is 44.0 Å². The van der Waals surface area contributed by atoms with E-state index in [0.717, 1.165) is 13.8 Å². The first-order valence-electron chi connectivity index (χ1n) is 20.7. The average molecular weight is 896 g/mol. The third kappa shape index (κ3) is 8.69. The summed E-state index contributed by atoms with van der Waals surface area (Å²) in [5, 5.41) is 6.25. The number of sulfonamides is 1. The van der Waals surface area contributed by atoms with E-state index in [1.165, 1.54) is 4.90 Å². The fourth-order valence-corrected chi connectivity index (χ4v) is 10.3. The Kier molecular flexibility index (Phi) is 11.8. The molecule has 4 aliphatic rings. The smallest absolute Gasteiger partial charge is 0.408 e. The number of alkyl halides is 3. The minimum Gasteiger partial charge on any atom is -0.472 e. The fraction of sp³-hybridized carbons (Fsp3) is 0.659. The zero-order chi connectivity index (χ0) is 44.4. The van der Waals surface area contributed by atoms with Gasteiger partial charge >= 0.3 is 6.09 Å². The Balaban J connectivity index is 1.25. The lowest BCUT2D eigenvalue weighted by atomic mass is 9.87. The maximum Gasteiger partial charge on any atom is 0.408 e. The van der Waals surface area contributed by atoms with Crippen molar-refractivity contribution in [1.29, 1.82) is 0 Å². The number of hydrogen-bond acceptors (Lipinski definition) is 10. The van der Waals surface area contributed by atoms with Gasteiger partial charge in [-0.1, -0.05) is 44.7 Å². The summed E-state index contributed by atoms with van der Waals surface area (Å²) in [6.07, 6.45) is 2.66. The summed E-state index contributed by atoms with van der Waals surface area (Å²) >= 11 is 6.42. The maximum absolute atomic E-state index is 14.9. The van der Waals surface area contributed by atoms with Crippen molar-refractivity contribution in [2.24, 2.45) is 17.8 Å². The highest BCUT2D eigenvalue weighted by Gasteiger charge is 2.64. The van der Waals surface area contributed by atoms with Crippen molar-refractivity contribution in [1.82, 2.24) is 34.6 Å². The molecule has 4 fully saturated rings. The van der Waals surface area contributed by atoms with E-state index in [0.29, 0.717) is 66.4 Å². The second-order valence-corrected chi connectivity index (χ2v) is 20.8. The standard InChI is InChI=1S/C41H53ClF3N7O8S/c1-22-9-7-8-10-25-18-41(25,35(55)50-61(57,58)40(21-43)13-14-40)49-32(53)30-17-27(59-33-28-16-26(42)11-12-29(28)52-19-24(3)46-36(52)48-33)20-51(30)34(54)31(23(2)15-22)47-37(56)60-38(4,5)39(6,44)45/h11-12,16,19,22-23,25,27,30-31H,7-10,13-15,17-18,20-21H2,1-6H3,(H,47,56)(H,49,53)(H,50,55). The van der Waals surface area contributed by atoms with Gasteiger partial charge in [-0.05, 0) is 88.8 Å². The molecule has 4 heterocycles. The molecule has 0 radical (unpaired) electrons. The first-order chi connectivity index (χ1) is 28.5. The molecule has 1 aromatic carbocycles. The molecule has 7 unspecified atom stereocenters. The third-order valence-corrected chi connectivity index (χ3v) is 15.4. The van der Waals surface area contributed by atoms with Crippen LogP contribution in [0.4, 0.5) is 18.0 Å². The third-order valence-electron chi connectivity index (χ3n) is 13.1. The molecule has 0 spiro atoms. The van der Waals surface area contributed by atoms with Crippen molar-refractivity contribution in [3.63, 3.8) is 0 Å². The van der Waals surface area contributed by atoms with Gasteiger partial charge < -0.3 is 25.0 Å². The average Bonchev–Trinajstić information content (AvgIpc) is 4.03. The van der Waals surface area contributed by atoms with Crippen LogP contribution in [-0.2, 0) is 29.1 Å². The Labute approximate surface area is 357 Å². The Morgan fingerprint density at radius 2 is 1.79 bits per heavy atom. The lowest BCUT2D eigenvalue weighted by Gasteiger charge is -2.35. The molecule has 334 valence electrons. The van der Waals surface area contributed by atoms with Crippen LogP contribution in [0.15, 0.2) is 24.4 Å². The molecule has 2 saturated carbocycles. The van der Waals surface area contributed by atoms with Crippen molar-refractivity contribution in [2.45, 2.75) is 139 Å². The van der Waals surface area contributed by atoms with E-state index in [9.17, 15) is 40.8 Å². The number of benzene rings is 1. The van der Waals surface area contributed by atoms with Crippen LogP contribution >= 0.6 is 11.6 Å². The first-order valence-corrected chi connectivity index (χ1v) is 22.6. The molecule has 2 saturated heterocycles. The van der Waals surface area contributed by atoms with E-state index in [1.807, 2.05) is 6.92 Å². The highest BCUT2D eigenvalue weighted by molar-refractivity contribution is 7.91. The summed E-state index contributed by atoms with van der Waals surface area (Å²) in [7, 11) is -4.43. The lowest BCUT2D eigenvalue weighted by molar-refractivity contribution is -0.152. The normalized spacial score (nSPS) is 28.5. The summed E-state index contributed by atoms with van der Waals surface area (Å²) in [6, 6.07) is 2.45. The van der Waals surface area contributed by atoms with Crippen LogP contribution < -0.4 is 20.1 Å². The first kappa shape index (κ1) is 44.7. The zero-order valence-electron chi connectivity index (χ0n) is 35.0. The maximum atomic E-state index is 14.9. The second kappa shape index (κ2) is 16.1. The van der Waals surface area contributed by atoms with Gasteiger partial charge in [0.05, 0.1) is 23.1 Å². The van der Waals surface area contributed by atoms with Gasteiger partial charge in [0.2, 0.25) is 33.5 Å². The summed E-state index contributed by atoms with van der Waals surface area (Å²) in [4.78, 5) is 67.3. The molecule has 0 bridgehead atoms. The van der Waals surface area contributed by atoms with Crippen LogP contribution in [0.5, 0.6) is 5.88 Å². The van der Waals surface area contributed by atoms with Gasteiger partial charge in [0.1, 0.15) is 35.1 Å². The van der Waals surface area contributed by atoms with Crippen LogP contribution in [0.2, 0.25) is 5.02 Å². The molecule has 61 heavy (non-hydrogen) atoms. The van der Waals surface area contributed by atoms with E-state index in [2.05, 4.69) is 25.3 Å². The highest BCUT2D eigenvalue weighted by atomic mass is 35.5. The number of carbonyl (C=O) groups is 4. The minimum atomic E-state index is -4.43. The second-order valence-electron chi connectivity index (χ2n) is 18.2. The van der Waals surface area contributed by atoms with Gasteiger partial charge in [-0.15, -0.1) is 0 Å². The topological polar surface area (TPSA) is 190 Å². The van der Waals surface area contributed by atoms with Gasteiger partial charge in [-0.25, -0.2) is 31.4 Å². The van der Waals surface area contributed by atoms with Crippen LogP contribution in [0, 0.1) is 24.7 Å². The van der Waals surface area contributed by atoms with E-state index < -0.39 is 92.3 Å². The number of hydrogen-bond donors (Lipinski definition) is 3. The van der Waals surface area contributed by atoms with E-state index >= 15 is 0 Å². The van der Waals surface area contributed by atoms with Crippen molar-refractivity contribution < 1.29 is 50.2 Å². The Hall–Kier alpha value is -4.39. The Bertz CT molecular complexity index is 2360. The number of aromatic nitrogens is 3. The molecule has 2 aromatic heterocycles. The monoisotopic (exact) mass is 895 g/mol. The highest BCUT2D eigenvalue weighted by Crippen LogP contribution is 2.49. The SMILES string of the molecule is Cc1cn2c(n1)nc(OC1CC3C(=O)NC4(C(=O)NS(=O)(=O)C5(CF)CC5)CC4CCCCC(C)CC(C)C(NC(=O)OC(C)(C)C(C)(F)F)C(=O)N3C1)c1cc(Cl)ccc12. The summed E-state index contributed by atoms with van der Waals surface area (Å²) in [5.41, 5.74) is -2.56. The number of alkyl carbamates (subject to hydrolysis) is 1. The van der Waals surface area contributed by atoms with E-state index in [1.54, 1.807) is 42.6 Å². The van der Waals surface area contributed by atoms with Gasteiger partial charge in [0, 0.05) is 24.6 Å². The van der Waals surface area contributed by atoms with Crippen molar-refractivity contribution in [3.8, 4) is 5.88 Å². The van der Waals surface area contributed by atoms with Crippen molar-refractivity contribution in [3.05, 3.63) is 35.1 Å². The van der Waals surface area contributed by atoms with Gasteiger partial charge in [0.25, 0.3) is 11.8 Å². The van der Waals surface area contributed by atoms with Gasteiger partial charge in [-0.3, -0.25) is 23.5 Å². The molecule has 4 amide bonds. The quantitative estimate of drug-likeness (QED) is 0.238. The number of imidazole rings is 1. The minimum absolute atomic E-state index is 0.0233. The number of aryl methyl sites for hydroxylation is 1. The molecular weight excluding hydrogens is 843 g/mol. The fourth-order valence-electron chi connectivity index (χ4n) is 8.68. The summed E-state index contributed by atoms with van der Waals surface area (Å²) in [5.74, 6) is -6.50. The van der Waals surface area contributed by atoms with E-state index in [4.69, 9.17) is 21.1 Å². The number of nitrogens with zero attached hydrogens (tertiary/aromatic N) is 4. The number of ether oxygens (including phenoxy) is 2. The van der Waals surface area contributed by atoms with Crippen LogP contribution in [0.3, 0.4) is 0 Å². The Morgan fingerprint density at radius 3 is 2.46 bits per heavy atom. The molecule has 2 aliphatic carbocycles. The Morgan fingerprint density at radius 1 is 1.08 bits per heavy atom. The van der Waals surface area contributed by atoms with Crippen LogP contribution in [0.25, 0.3) is 16.7 Å². The molecule has 3 N–H and O–H groups in total. The van der Waals surface area contributed by atoms with Crippen molar-refractivity contribution in [2.75, 3.05) is 13.2 Å². The number of fused-ring (bicyclic) bond motifs is 5. The molecular formula is C41H53ClF3N7O8S. The van der Waals surface area contributed by atoms with Crippen LogP contribution in [0.1, 0.15) is 98.1 Å². The summed E-state index contributed by atoms with van der Waals surface area (Å²) in [6.45, 7) is 6.87. The van der Waals surface area contributed by atoms with Gasteiger partial charge in [-0.2, -0.15) is 4.98 Å². The molecule has 7 rings (SSSR count). The number of nitrogens with one attached hydrogen (secondary N) is 3. The number of amides is 4. The summed E-state index contributed by atoms with van der Waals surface area (Å²) < 4.78 is 83.2. The molecule has 7 atom stereocenters. The number of rotatable bonds is 9. The number of carbonyl (C=O) groups excluding carboxylic acids is 4. The predicted molar refractivity (Wildman–Crippen MR) is 218 cm³/mol. The lowest BCUT2D eigenvalue weighted by Crippen LogP contribution is -2.60. The predicted octanol–water partition coefficient (Wildman–Crippen LogP) is 5.78. The van der Waals surface area contributed by atoms with Crippen molar-refractivity contribution >= 4 is 62.1 Å². The molecule has 20 heteroatoms. The van der Waals surface area contributed by atoms with Gasteiger partial charge in [0.15, 0.2) is 5.60 Å². The number of halogens is 4. The molecule has 15 nitrogen and oxygen atoms in total. The molecule has 3 aromatic rings. The molecule has 2 aliphatic heterocycles. The zero-order valence-corrected chi connectivity index (χ0v) is 36.6.